The fourth-order valence-corrected chi connectivity index (χ4v) is 3.96. The highest BCUT2D eigenvalue weighted by molar-refractivity contribution is 5.92. The number of amides is 1. The van der Waals surface area contributed by atoms with Gasteiger partial charge < -0.3 is 24.7 Å². The average Bonchev–Trinajstić information content (AvgIpc) is 2.90. The van der Waals surface area contributed by atoms with Gasteiger partial charge in [0, 0.05) is 26.3 Å². The lowest BCUT2D eigenvalue weighted by Crippen LogP contribution is -2.44. The number of likely N-dealkylation sites (tertiary alicyclic amines) is 1. The molecule has 2 aromatic heterocycles. The number of nitrogens with two attached hydrogens (primary N) is 1. The smallest absolute Gasteiger partial charge is 0.410 e. The minimum Gasteiger partial charge on any atom is -0.494 e. The van der Waals surface area contributed by atoms with E-state index in [0.29, 0.717) is 30.4 Å². The van der Waals surface area contributed by atoms with Crippen LogP contribution in [0, 0.1) is 5.92 Å². The van der Waals surface area contributed by atoms with E-state index in [0.717, 1.165) is 17.5 Å². The van der Waals surface area contributed by atoms with Crippen LogP contribution in [0.2, 0.25) is 0 Å². The number of carbonyl (C=O) groups is 1. The molecule has 0 spiro atoms. The van der Waals surface area contributed by atoms with Gasteiger partial charge in [0.2, 0.25) is 0 Å². The molecule has 3 rings (SSSR count). The molecule has 2 N–H and O–H groups in total. The summed E-state index contributed by atoms with van der Waals surface area (Å²) in [4.78, 5) is 18.7. The summed E-state index contributed by atoms with van der Waals surface area (Å²) in [5.74, 6) is 1.25. The number of nitrogen functional groups attached to an aromatic ring is 1. The largest absolute Gasteiger partial charge is 0.494 e. The van der Waals surface area contributed by atoms with Crippen LogP contribution < -0.4 is 10.5 Å². The summed E-state index contributed by atoms with van der Waals surface area (Å²) in [6.45, 7) is 9.17. The van der Waals surface area contributed by atoms with Gasteiger partial charge in [0.25, 0.3) is 0 Å². The first-order valence-electron chi connectivity index (χ1n) is 9.37. The van der Waals surface area contributed by atoms with Gasteiger partial charge in [0.05, 0.1) is 24.4 Å². The summed E-state index contributed by atoms with van der Waals surface area (Å²) in [6, 6.07) is 0. The summed E-state index contributed by atoms with van der Waals surface area (Å²) in [7, 11) is 3.62. The Morgan fingerprint density at radius 1 is 1.37 bits per heavy atom. The van der Waals surface area contributed by atoms with Crippen molar-refractivity contribution in [3.8, 4) is 5.75 Å². The van der Waals surface area contributed by atoms with E-state index in [1.807, 2.05) is 32.4 Å². The maximum atomic E-state index is 12.4. The second-order valence-corrected chi connectivity index (χ2v) is 8.44. The summed E-state index contributed by atoms with van der Waals surface area (Å²) in [6.07, 6.45) is 4.37. The molecule has 7 heteroatoms. The van der Waals surface area contributed by atoms with E-state index in [9.17, 15) is 4.79 Å². The van der Waals surface area contributed by atoms with Gasteiger partial charge in [-0.15, -0.1) is 0 Å². The van der Waals surface area contributed by atoms with Crippen LogP contribution in [0.1, 0.15) is 45.6 Å². The van der Waals surface area contributed by atoms with Crippen molar-refractivity contribution in [2.24, 2.45) is 13.0 Å². The molecule has 1 fully saturated rings. The Bertz CT molecular complexity index is 853. The molecule has 0 bridgehead atoms. The molecule has 0 aliphatic carbocycles. The van der Waals surface area contributed by atoms with Crippen LogP contribution in [0.5, 0.6) is 5.75 Å². The minimum absolute atomic E-state index is 0.241. The second-order valence-electron chi connectivity index (χ2n) is 8.44. The van der Waals surface area contributed by atoms with Crippen LogP contribution in [0.4, 0.5) is 10.5 Å². The number of hydrogen-bond acceptors (Lipinski definition) is 5. The van der Waals surface area contributed by atoms with Gasteiger partial charge in [-0.25, -0.2) is 9.78 Å². The number of hydrogen-bond donors (Lipinski definition) is 1. The molecule has 1 aliphatic rings. The van der Waals surface area contributed by atoms with Gasteiger partial charge in [0.15, 0.2) is 5.75 Å². The summed E-state index contributed by atoms with van der Waals surface area (Å²) < 4.78 is 13.1. The van der Waals surface area contributed by atoms with Crippen molar-refractivity contribution in [1.29, 1.82) is 0 Å². The molecule has 1 amide bonds. The molecule has 1 aliphatic heterocycles. The lowest BCUT2D eigenvalue weighted by atomic mass is 9.81. The number of aryl methyl sites for hydroxylation is 1. The quantitative estimate of drug-likeness (QED) is 0.869. The first kappa shape index (κ1) is 19.3. The molecule has 7 nitrogen and oxygen atoms in total. The van der Waals surface area contributed by atoms with Crippen molar-refractivity contribution in [2.75, 3.05) is 25.9 Å². The van der Waals surface area contributed by atoms with Crippen LogP contribution in [0.15, 0.2) is 12.4 Å². The number of rotatable bonds is 2. The first-order chi connectivity index (χ1) is 12.6. The van der Waals surface area contributed by atoms with Gasteiger partial charge in [-0.05, 0) is 44.6 Å². The summed E-state index contributed by atoms with van der Waals surface area (Å²) >= 11 is 0. The number of nitrogens with zero attached hydrogens (tertiary/aromatic N) is 3. The van der Waals surface area contributed by atoms with Gasteiger partial charge in [0.1, 0.15) is 11.2 Å². The maximum Gasteiger partial charge on any atom is 0.410 e. The zero-order chi connectivity index (χ0) is 19.9. The third-order valence-electron chi connectivity index (χ3n) is 5.15. The molecule has 2 aromatic rings. The zero-order valence-electron chi connectivity index (χ0n) is 17.1. The summed E-state index contributed by atoms with van der Waals surface area (Å²) in [5, 5.41) is 0.975. The molecule has 0 radical (unpaired) electrons. The predicted molar refractivity (Wildman–Crippen MR) is 106 cm³/mol. The Morgan fingerprint density at radius 2 is 2.07 bits per heavy atom. The number of fused-ring (bicyclic) bond motifs is 1. The van der Waals surface area contributed by atoms with E-state index in [1.54, 1.807) is 18.2 Å². The van der Waals surface area contributed by atoms with Gasteiger partial charge >= 0.3 is 6.09 Å². The van der Waals surface area contributed by atoms with Gasteiger partial charge in [-0.3, -0.25) is 0 Å². The van der Waals surface area contributed by atoms with E-state index in [1.165, 1.54) is 5.56 Å². The predicted octanol–water partition coefficient (Wildman–Crippen LogP) is 3.52. The Morgan fingerprint density at radius 3 is 2.67 bits per heavy atom. The lowest BCUT2D eigenvalue weighted by Gasteiger charge is -2.37. The first-order valence-corrected chi connectivity index (χ1v) is 9.37. The number of carbonyl (C=O) groups excluding carboxylic acids is 1. The molecule has 27 heavy (non-hydrogen) atoms. The highest BCUT2D eigenvalue weighted by atomic mass is 16.6. The molecule has 2 unspecified atom stereocenters. The highest BCUT2D eigenvalue weighted by Crippen LogP contribution is 2.42. The van der Waals surface area contributed by atoms with Crippen LogP contribution in [0.25, 0.3) is 11.0 Å². The zero-order valence-corrected chi connectivity index (χ0v) is 17.1. The molecule has 1 saturated heterocycles. The van der Waals surface area contributed by atoms with Crippen molar-refractivity contribution < 1.29 is 14.3 Å². The van der Waals surface area contributed by atoms with Crippen molar-refractivity contribution in [3.05, 3.63) is 18.0 Å². The van der Waals surface area contributed by atoms with E-state index in [4.69, 9.17) is 15.2 Å². The van der Waals surface area contributed by atoms with E-state index in [-0.39, 0.29) is 12.0 Å². The van der Waals surface area contributed by atoms with Crippen LogP contribution >= 0.6 is 0 Å². The molecule has 3 heterocycles. The molecule has 148 valence electrons. The number of pyridine rings is 1. The molecular weight excluding hydrogens is 344 g/mol. The van der Waals surface area contributed by atoms with Crippen molar-refractivity contribution >= 4 is 22.8 Å². The second kappa shape index (κ2) is 6.94. The molecule has 2 atom stereocenters. The van der Waals surface area contributed by atoms with Crippen molar-refractivity contribution in [2.45, 2.75) is 45.6 Å². The Labute approximate surface area is 160 Å². The molecular formula is C20H30N4O3. The standard InChI is InChI=1S/C20H30N4O3/c1-12-10-24(19(25)27-20(2,3)4)8-7-13(12)14-11-23(5)18-16(14)17(26-6)15(21)9-22-18/h9,11-13H,7-8,10,21H2,1-6H3. The van der Waals surface area contributed by atoms with E-state index >= 15 is 0 Å². The van der Waals surface area contributed by atoms with E-state index < -0.39 is 5.60 Å². The number of anilines is 1. The normalized spacial score (nSPS) is 20.7. The number of aromatic nitrogens is 2. The average molecular weight is 374 g/mol. The number of piperidine rings is 1. The van der Waals surface area contributed by atoms with Gasteiger partial charge in [-0.1, -0.05) is 6.92 Å². The minimum atomic E-state index is -0.483. The topological polar surface area (TPSA) is 82.6 Å². The highest BCUT2D eigenvalue weighted by Gasteiger charge is 2.34. The number of ether oxygens (including phenoxy) is 2. The van der Waals surface area contributed by atoms with Crippen molar-refractivity contribution in [1.82, 2.24) is 14.5 Å². The fourth-order valence-electron chi connectivity index (χ4n) is 3.96. The monoisotopic (exact) mass is 374 g/mol. The SMILES string of the molecule is COc1c(N)cnc2c1c(C1CCN(C(=O)OC(C)(C)C)CC1C)cn2C. The van der Waals surface area contributed by atoms with Crippen molar-refractivity contribution in [3.63, 3.8) is 0 Å². The Balaban J connectivity index is 1.89. The fraction of sp³-hybridized carbons (Fsp3) is 0.600. The molecule has 0 saturated carbocycles. The van der Waals surface area contributed by atoms with E-state index in [2.05, 4.69) is 18.1 Å². The number of methoxy groups -OCH3 is 1. The lowest BCUT2D eigenvalue weighted by molar-refractivity contribution is 0.0155. The third-order valence-corrected chi connectivity index (χ3v) is 5.15. The van der Waals surface area contributed by atoms with Crippen LogP contribution in [-0.4, -0.2) is 46.3 Å². The Hall–Kier alpha value is -2.44. The Kier molecular flexibility index (Phi) is 4.97. The maximum absolute atomic E-state index is 12.4. The van der Waals surface area contributed by atoms with Crippen LogP contribution in [0.3, 0.4) is 0 Å². The summed E-state index contributed by atoms with van der Waals surface area (Å²) in [5.41, 5.74) is 8.19. The van der Waals surface area contributed by atoms with Crippen LogP contribution in [-0.2, 0) is 11.8 Å². The van der Waals surface area contributed by atoms with Gasteiger partial charge in [-0.2, -0.15) is 0 Å². The third kappa shape index (κ3) is 3.68. The molecule has 0 aromatic carbocycles.